The second kappa shape index (κ2) is 4.26. The lowest BCUT2D eigenvalue weighted by atomic mass is 10.3. The Kier molecular flexibility index (Phi) is 2.80. The molecule has 6 nitrogen and oxygen atoms in total. The maximum Gasteiger partial charge on any atom is 0.227 e. The molecule has 0 aliphatic heterocycles. The number of nitrogens with zero attached hydrogens (tertiary/aromatic N) is 4. The van der Waals surface area contributed by atoms with Gasteiger partial charge in [0.1, 0.15) is 0 Å². The molecule has 0 aliphatic carbocycles. The smallest absolute Gasteiger partial charge is 0.227 e. The van der Waals surface area contributed by atoms with Crippen LogP contribution in [0.5, 0.6) is 0 Å². The first-order valence-corrected chi connectivity index (χ1v) is 5.00. The summed E-state index contributed by atoms with van der Waals surface area (Å²) < 4.78 is 6.89. The van der Waals surface area contributed by atoms with Crippen LogP contribution in [-0.4, -0.2) is 28.9 Å². The second-order valence-electron chi connectivity index (χ2n) is 3.76. The van der Waals surface area contributed by atoms with Gasteiger partial charge in [0, 0.05) is 33.3 Å². The van der Waals surface area contributed by atoms with Gasteiger partial charge in [0.2, 0.25) is 11.9 Å². The zero-order valence-corrected chi connectivity index (χ0v) is 9.64. The highest BCUT2D eigenvalue weighted by Crippen LogP contribution is 2.12. The summed E-state index contributed by atoms with van der Waals surface area (Å²) in [5.41, 5.74) is 1.08. The Bertz CT molecular complexity index is 446. The molecule has 2 aromatic heterocycles. The van der Waals surface area contributed by atoms with E-state index in [9.17, 15) is 0 Å². The quantitative estimate of drug-likeness (QED) is 0.837. The van der Waals surface area contributed by atoms with E-state index in [0.717, 1.165) is 17.5 Å². The average Bonchev–Trinajstić information content (AvgIpc) is 2.84. The van der Waals surface area contributed by atoms with Crippen molar-refractivity contribution in [2.24, 2.45) is 7.05 Å². The van der Waals surface area contributed by atoms with Crippen molar-refractivity contribution >= 4 is 11.9 Å². The van der Waals surface area contributed by atoms with Gasteiger partial charge in [-0.3, -0.25) is 4.57 Å². The van der Waals surface area contributed by atoms with Crippen molar-refractivity contribution in [2.75, 3.05) is 24.3 Å². The van der Waals surface area contributed by atoms with E-state index in [2.05, 4.69) is 15.5 Å². The predicted molar refractivity (Wildman–Crippen MR) is 61.4 cm³/mol. The summed E-state index contributed by atoms with van der Waals surface area (Å²) in [5, 5.41) is 11.3. The fraction of sp³-hybridized carbons (Fsp3) is 0.400. The average molecular weight is 221 g/mol. The molecule has 0 fully saturated rings. The highest BCUT2D eigenvalue weighted by atomic mass is 16.3. The van der Waals surface area contributed by atoms with Crippen molar-refractivity contribution in [3.05, 3.63) is 24.2 Å². The molecule has 1 N–H and O–H groups in total. The van der Waals surface area contributed by atoms with Crippen molar-refractivity contribution in [3.63, 3.8) is 0 Å². The van der Waals surface area contributed by atoms with Crippen LogP contribution in [0.4, 0.5) is 11.9 Å². The van der Waals surface area contributed by atoms with Crippen LogP contribution >= 0.6 is 0 Å². The lowest BCUT2D eigenvalue weighted by Gasteiger charge is -2.11. The fourth-order valence-corrected chi connectivity index (χ4v) is 1.44. The van der Waals surface area contributed by atoms with E-state index in [0.29, 0.717) is 6.54 Å². The third kappa shape index (κ3) is 2.00. The topological polar surface area (TPSA) is 59.1 Å². The van der Waals surface area contributed by atoms with Gasteiger partial charge in [-0.15, -0.1) is 10.2 Å². The minimum absolute atomic E-state index is 0.676. The Morgan fingerprint density at radius 2 is 2.25 bits per heavy atom. The van der Waals surface area contributed by atoms with E-state index in [-0.39, 0.29) is 0 Å². The number of nitrogens with one attached hydrogen (secondary N) is 1. The minimum atomic E-state index is 0.676. The molecule has 0 saturated carbocycles. The molecule has 86 valence electrons. The Balaban J connectivity index is 2.05. The Morgan fingerprint density at radius 3 is 2.81 bits per heavy atom. The molecule has 0 saturated heterocycles. The van der Waals surface area contributed by atoms with Gasteiger partial charge in [0.25, 0.3) is 0 Å². The summed E-state index contributed by atoms with van der Waals surface area (Å²) in [6.45, 7) is 0.676. The maximum atomic E-state index is 4.99. The van der Waals surface area contributed by atoms with Gasteiger partial charge in [-0.05, 0) is 6.07 Å². The number of rotatable bonds is 4. The van der Waals surface area contributed by atoms with Crippen LogP contribution < -0.4 is 10.2 Å². The van der Waals surface area contributed by atoms with Crippen LogP contribution in [0.25, 0.3) is 0 Å². The molecule has 0 amide bonds. The van der Waals surface area contributed by atoms with Crippen molar-refractivity contribution in [3.8, 4) is 0 Å². The summed E-state index contributed by atoms with van der Waals surface area (Å²) in [6.07, 6.45) is 3.36. The summed E-state index contributed by atoms with van der Waals surface area (Å²) in [6, 6.07) is 1.91. The molecule has 2 rings (SSSR count). The lowest BCUT2D eigenvalue weighted by molar-refractivity contribution is 0.564. The van der Waals surface area contributed by atoms with Crippen LogP contribution in [0, 0.1) is 0 Å². The summed E-state index contributed by atoms with van der Waals surface area (Å²) in [4.78, 5) is 1.91. The van der Waals surface area contributed by atoms with Crippen molar-refractivity contribution < 1.29 is 4.42 Å². The zero-order chi connectivity index (χ0) is 11.5. The van der Waals surface area contributed by atoms with Crippen LogP contribution in [0.2, 0.25) is 0 Å². The van der Waals surface area contributed by atoms with Crippen molar-refractivity contribution in [1.29, 1.82) is 0 Å². The Hall–Kier alpha value is -1.98. The third-order valence-corrected chi connectivity index (χ3v) is 2.28. The molecular weight excluding hydrogens is 206 g/mol. The lowest BCUT2D eigenvalue weighted by Crippen LogP contribution is -2.14. The number of hydrogen-bond donors (Lipinski definition) is 1. The van der Waals surface area contributed by atoms with Crippen LogP contribution in [-0.2, 0) is 13.6 Å². The summed E-state index contributed by atoms with van der Waals surface area (Å²) >= 11 is 0. The molecule has 0 aromatic carbocycles. The number of furan rings is 1. The van der Waals surface area contributed by atoms with E-state index in [1.807, 2.05) is 36.7 Å². The van der Waals surface area contributed by atoms with E-state index < -0.39 is 0 Å². The minimum Gasteiger partial charge on any atom is -0.472 e. The van der Waals surface area contributed by atoms with Gasteiger partial charge >= 0.3 is 0 Å². The summed E-state index contributed by atoms with van der Waals surface area (Å²) in [5.74, 6) is 1.56. The molecule has 16 heavy (non-hydrogen) atoms. The Morgan fingerprint density at radius 1 is 1.44 bits per heavy atom. The fourth-order valence-electron chi connectivity index (χ4n) is 1.44. The monoisotopic (exact) mass is 221 g/mol. The Labute approximate surface area is 93.9 Å². The standard InChI is InChI=1S/C10H15N5O/c1-14(2)10-13-12-9(15(10)3)11-6-8-4-5-16-7-8/h4-5,7H,6H2,1-3H3,(H,11,12). The van der Waals surface area contributed by atoms with Crippen LogP contribution in [0.3, 0.4) is 0 Å². The third-order valence-electron chi connectivity index (χ3n) is 2.28. The molecule has 0 spiro atoms. The zero-order valence-electron chi connectivity index (χ0n) is 9.64. The molecule has 0 bridgehead atoms. The highest BCUT2D eigenvalue weighted by molar-refractivity contribution is 5.38. The SMILES string of the molecule is CN(C)c1nnc(NCc2ccoc2)n1C. The molecule has 2 heterocycles. The second-order valence-corrected chi connectivity index (χ2v) is 3.76. The molecule has 0 aliphatic rings. The largest absolute Gasteiger partial charge is 0.472 e. The molecule has 0 radical (unpaired) electrons. The normalized spacial score (nSPS) is 10.4. The van der Waals surface area contributed by atoms with Crippen molar-refractivity contribution in [2.45, 2.75) is 6.54 Å². The van der Waals surface area contributed by atoms with E-state index in [4.69, 9.17) is 4.42 Å². The number of aromatic nitrogens is 3. The first-order valence-electron chi connectivity index (χ1n) is 5.00. The van der Waals surface area contributed by atoms with Gasteiger partial charge in [-0.1, -0.05) is 0 Å². The van der Waals surface area contributed by atoms with E-state index in [1.165, 1.54) is 0 Å². The predicted octanol–water partition coefficient (Wildman–Crippen LogP) is 1.09. The first kappa shape index (κ1) is 10.5. The molecule has 6 heteroatoms. The molecule has 0 unspecified atom stereocenters. The molecule has 2 aromatic rings. The van der Waals surface area contributed by atoms with Gasteiger partial charge in [0.05, 0.1) is 12.5 Å². The van der Waals surface area contributed by atoms with Crippen LogP contribution in [0.15, 0.2) is 23.0 Å². The number of hydrogen-bond acceptors (Lipinski definition) is 5. The van der Waals surface area contributed by atoms with E-state index in [1.54, 1.807) is 12.5 Å². The maximum absolute atomic E-state index is 4.99. The van der Waals surface area contributed by atoms with Gasteiger partial charge in [-0.2, -0.15) is 0 Å². The van der Waals surface area contributed by atoms with Gasteiger partial charge in [0.15, 0.2) is 0 Å². The first-order chi connectivity index (χ1) is 7.68. The van der Waals surface area contributed by atoms with E-state index >= 15 is 0 Å². The number of anilines is 2. The van der Waals surface area contributed by atoms with Crippen LogP contribution in [0.1, 0.15) is 5.56 Å². The highest BCUT2D eigenvalue weighted by Gasteiger charge is 2.09. The van der Waals surface area contributed by atoms with Crippen molar-refractivity contribution in [1.82, 2.24) is 14.8 Å². The molecule has 0 atom stereocenters. The molecular formula is C10H15N5O. The van der Waals surface area contributed by atoms with Gasteiger partial charge < -0.3 is 14.6 Å². The summed E-state index contributed by atoms with van der Waals surface area (Å²) in [7, 11) is 5.79. The van der Waals surface area contributed by atoms with Gasteiger partial charge in [-0.25, -0.2) is 0 Å².